The lowest BCUT2D eigenvalue weighted by Gasteiger charge is -2.27. The number of aryl methyl sites for hydroxylation is 2. The first-order valence-corrected chi connectivity index (χ1v) is 9.85. The quantitative estimate of drug-likeness (QED) is 0.583. The van der Waals surface area contributed by atoms with Crippen molar-refractivity contribution in [1.29, 1.82) is 0 Å². The van der Waals surface area contributed by atoms with E-state index in [2.05, 4.69) is 26.2 Å². The lowest BCUT2D eigenvalue weighted by Crippen LogP contribution is -2.34. The molecule has 1 aromatic carbocycles. The van der Waals surface area contributed by atoms with Crippen molar-refractivity contribution in [3.05, 3.63) is 62.5 Å². The fraction of sp³-hybridized carbons (Fsp3) is 0.278. The minimum absolute atomic E-state index is 0.329. The van der Waals surface area contributed by atoms with Crippen LogP contribution in [0.4, 0.5) is 4.39 Å². The first kappa shape index (κ1) is 18.7. The largest absolute Gasteiger partial charge is 0.466 e. The number of methoxy groups -OCH3 is 1. The van der Waals surface area contributed by atoms with Gasteiger partial charge in [0.15, 0.2) is 10.8 Å². The summed E-state index contributed by atoms with van der Waals surface area (Å²) in [4.78, 5) is 21.6. The highest BCUT2D eigenvalue weighted by atomic mass is 79.9. The van der Waals surface area contributed by atoms with Crippen molar-refractivity contribution in [3.8, 4) is 0 Å². The van der Waals surface area contributed by atoms with Crippen LogP contribution in [0.3, 0.4) is 0 Å². The number of thiazole rings is 1. The predicted molar refractivity (Wildman–Crippen MR) is 103 cm³/mol. The number of amidine groups is 1. The molecule has 0 spiro atoms. The fourth-order valence-corrected chi connectivity index (χ4v) is 3.98. The van der Waals surface area contributed by atoms with Crippen LogP contribution in [0.2, 0.25) is 0 Å². The van der Waals surface area contributed by atoms with E-state index in [4.69, 9.17) is 9.73 Å². The van der Waals surface area contributed by atoms with Crippen LogP contribution in [0, 0.1) is 19.7 Å². The van der Waals surface area contributed by atoms with Crippen LogP contribution in [0.5, 0.6) is 0 Å². The van der Waals surface area contributed by atoms with Crippen LogP contribution in [0.1, 0.15) is 27.9 Å². The summed E-state index contributed by atoms with van der Waals surface area (Å²) in [6, 6.07) is 3.86. The molecule has 26 heavy (non-hydrogen) atoms. The monoisotopic (exact) mass is 437 g/mol. The molecular weight excluding hydrogens is 421 g/mol. The maximum atomic E-state index is 13.6. The topological polar surface area (TPSA) is 63.6 Å². The molecule has 1 atom stereocenters. The molecule has 1 N–H and O–H groups in total. The Morgan fingerprint density at radius 2 is 2.19 bits per heavy atom. The highest BCUT2D eigenvalue weighted by molar-refractivity contribution is 9.09. The number of rotatable bonds is 4. The zero-order valence-corrected chi connectivity index (χ0v) is 16.9. The number of halogens is 2. The third-order valence-corrected chi connectivity index (χ3v) is 5.54. The Bertz CT molecular complexity index is 923. The molecule has 0 aliphatic carbocycles. The van der Waals surface area contributed by atoms with Crippen LogP contribution < -0.4 is 5.32 Å². The molecule has 2 aromatic rings. The smallest absolute Gasteiger partial charge is 0.338 e. The summed E-state index contributed by atoms with van der Waals surface area (Å²) in [7, 11) is 1.33. The highest BCUT2D eigenvalue weighted by Gasteiger charge is 2.33. The summed E-state index contributed by atoms with van der Waals surface area (Å²) in [5.74, 6) is -0.220. The van der Waals surface area contributed by atoms with Crippen molar-refractivity contribution in [3.63, 3.8) is 0 Å². The molecule has 136 valence electrons. The van der Waals surface area contributed by atoms with Crippen LogP contribution in [0.15, 0.2) is 39.8 Å². The van der Waals surface area contributed by atoms with E-state index in [1.54, 1.807) is 13.0 Å². The number of carbonyl (C=O) groups is 1. The lowest BCUT2D eigenvalue weighted by atomic mass is 9.93. The minimum atomic E-state index is -0.601. The van der Waals surface area contributed by atoms with Crippen molar-refractivity contribution in [2.75, 3.05) is 12.4 Å². The van der Waals surface area contributed by atoms with E-state index < -0.39 is 12.0 Å². The second-order valence-electron chi connectivity index (χ2n) is 5.82. The second kappa shape index (κ2) is 7.67. The van der Waals surface area contributed by atoms with E-state index in [1.807, 2.05) is 12.3 Å². The molecule has 0 unspecified atom stereocenters. The number of hydrogen-bond acceptors (Lipinski definition) is 6. The molecule has 0 amide bonds. The summed E-state index contributed by atoms with van der Waals surface area (Å²) in [6.07, 6.45) is 0. The van der Waals surface area contributed by atoms with Gasteiger partial charge in [0.1, 0.15) is 11.9 Å². The SMILES string of the molecule is COC(=O)C1=C(CBr)NC(c2nc(C)cs2)=N[C@@H]1c1ccc(F)cc1C. The number of benzene rings is 1. The van der Waals surface area contributed by atoms with Gasteiger partial charge in [-0.05, 0) is 37.1 Å². The van der Waals surface area contributed by atoms with Crippen molar-refractivity contribution >= 4 is 39.1 Å². The summed E-state index contributed by atoms with van der Waals surface area (Å²) in [5, 5.41) is 6.27. The molecular formula is C18H17BrFN3O2S. The number of aliphatic imine (C=N–C) groups is 1. The van der Waals surface area contributed by atoms with Gasteiger partial charge in [0.05, 0.1) is 12.7 Å². The highest BCUT2D eigenvalue weighted by Crippen LogP contribution is 2.35. The van der Waals surface area contributed by atoms with Crippen LogP contribution in [-0.2, 0) is 9.53 Å². The molecule has 1 aromatic heterocycles. The Morgan fingerprint density at radius 1 is 1.42 bits per heavy atom. The number of carbonyl (C=O) groups excluding carboxylic acids is 1. The fourth-order valence-electron chi connectivity index (χ4n) is 2.79. The van der Waals surface area contributed by atoms with Crippen molar-refractivity contribution in [2.24, 2.45) is 4.99 Å². The number of aromatic nitrogens is 1. The third-order valence-electron chi connectivity index (χ3n) is 4.01. The molecule has 8 heteroatoms. The van der Waals surface area contributed by atoms with Crippen LogP contribution in [0.25, 0.3) is 0 Å². The normalized spacial score (nSPS) is 17.0. The van der Waals surface area contributed by atoms with Crippen molar-refractivity contribution in [2.45, 2.75) is 19.9 Å². The van der Waals surface area contributed by atoms with E-state index in [0.29, 0.717) is 28.0 Å². The van der Waals surface area contributed by atoms with E-state index in [0.717, 1.165) is 16.3 Å². The van der Waals surface area contributed by atoms with Gasteiger partial charge >= 0.3 is 5.97 Å². The van der Waals surface area contributed by atoms with Crippen molar-refractivity contribution < 1.29 is 13.9 Å². The Balaban J connectivity index is 2.17. The van der Waals surface area contributed by atoms with Gasteiger partial charge in [0.2, 0.25) is 0 Å². The molecule has 2 heterocycles. The Kier molecular flexibility index (Phi) is 5.52. The zero-order valence-electron chi connectivity index (χ0n) is 14.5. The van der Waals surface area contributed by atoms with Crippen LogP contribution >= 0.6 is 27.3 Å². The van der Waals surface area contributed by atoms with Gasteiger partial charge in [-0.25, -0.2) is 14.2 Å². The van der Waals surface area contributed by atoms with E-state index in [9.17, 15) is 9.18 Å². The number of nitrogens with zero attached hydrogens (tertiary/aromatic N) is 2. The van der Waals surface area contributed by atoms with Gasteiger partial charge in [-0.2, -0.15) is 0 Å². The van der Waals surface area contributed by atoms with Gasteiger partial charge in [0, 0.05) is 22.1 Å². The third kappa shape index (κ3) is 3.57. The van der Waals surface area contributed by atoms with Gasteiger partial charge < -0.3 is 10.1 Å². The average molecular weight is 438 g/mol. The average Bonchev–Trinajstić information content (AvgIpc) is 3.06. The summed E-state index contributed by atoms with van der Waals surface area (Å²) < 4.78 is 18.5. The first-order chi connectivity index (χ1) is 12.4. The molecule has 0 saturated carbocycles. The Morgan fingerprint density at radius 3 is 2.77 bits per heavy atom. The standard InChI is InChI=1S/C18H17BrFN3O2S/c1-9-6-11(20)4-5-12(9)15-14(18(24)25-3)13(7-19)22-16(23-15)17-21-10(2)8-26-17/h4-6,8,15H,7H2,1-3H3,(H,22,23)/t15-/m1/s1. The van der Waals surface area contributed by atoms with E-state index in [1.165, 1.54) is 30.6 Å². The van der Waals surface area contributed by atoms with Crippen LogP contribution in [-0.4, -0.2) is 29.2 Å². The summed E-state index contributed by atoms with van der Waals surface area (Å²) in [6.45, 7) is 3.71. The Hall–Kier alpha value is -2.06. The number of esters is 1. The molecule has 5 nitrogen and oxygen atoms in total. The van der Waals surface area contributed by atoms with E-state index in [-0.39, 0.29) is 5.82 Å². The molecule has 1 aliphatic rings. The minimum Gasteiger partial charge on any atom is -0.466 e. The number of hydrogen-bond donors (Lipinski definition) is 1. The maximum absolute atomic E-state index is 13.6. The van der Waals surface area contributed by atoms with Crippen molar-refractivity contribution in [1.82, 2.24) is 10.3 Å². The molecule has 3 rings (SSSR count). The number of alkyl halides is 1. The molecule has 0 saturated heterocycles. The summed E-state index contributed by atoms with van der Waals surface area (Å²) >= 11 is 4.89. The molecule has 1 aliphatic heterocycles. The summed E-state index contributed by atoms with van der Waals surface area (Å²) in [5.41, 5.74) is 3.41. The maximum Gasteiger partial charge on any atom is 0.338 e. The Labute approximate surface area is 163 Å². The van der Waals surface area contributed by atoms with Gasteiger partial charge in [-0.3, -0.25) is 4.99 Å². The predicted octanol–water partition coefficient (Wildman–Crippen LogP) is 3.81. The van der Waals surface area contributed by atoms with Gasteiger partial charge in [-0.15, -0.1) is 11.3 Å². The molecule has 0 fully saturated rings. The number of ether oxygens (including phenoxy) is 1. The van der Waals surface area contributed by atoms with Gasteiger partial charge in [-0.1, -0.05) is 22.0 Å². The molecule has 0 radical (unpaired) electrons. The zero-order chi connectivity index (χ0) is 18.8. The number of allylic oxidation sites excluding steroid dienone is 1. The van der Waals surface area contributed by atoms with Gasteiger partial charge in [0.25, 0.3) is 0 Å². The molecule has 0 bridgehead atoms. The van der Waals surface area contributed by atoms with E-state index >= 15 is 0 Å². The number of nitrogens with one attached hydrogen (secondary N) is 1. The second-order valence-corrected chi connectivity index (χ2v) is 7.24. The first-order valence-electron chi connectivity index (χ1n) is 7.85. The lowest BCUT2D eigenvalue weighted by molar-refractivity contribution is -0.136.